The van der Waals surface area contributed by atoms with Crippen molar-refractivity contribution in [2.75, 3.05) is 13.2 Å². The van der Waals surface area contributed by atoms with Crippen LogP contribution in [0, 0.1) is 24.1 Å². The summed E-state index contributed by atoms with van der Waals surface area (Å²) < 4.78 is 13.2. The van der Waals surface area contributed by atoms with E-state index < -0.39 is 6.04 Å². The van der Waals surface area contributed by atoms with E-state index >= 15 is 0 Å². The molecule has 1 unspecified atom stereocenters. The van der Waals surface area contributed by atoms with Crippen LogP contribution >= 0.6 is 0 Å². The van der Waals surface area contributed by atoms with E-state index in [4.69, 9.17) is 10.4 Å². The predicted octanol–water partition coefficient (Wildman–Crippen LogP) is 1.28. The third-order valence-corrected chi connectivity index (χ3v) is 2.12. The molecule has 1 atom stereocenters. The van der Waals surface area contributed by atoms with Gasteiger partial charge in [0.1, 0.15) is 11.9 Å². The number of nitriles is 1. The summed E-state index contributed by atoms with van der Waals surface area (Å²) in [7, 11) is 0. The number of nitrogens with one attached hydrogen (secondary N) is 1. The van der Waals surface area contributed by atoms with Crippen molar-refractivity contribution in [3.8, 4) is 6.07 Å². The minimum atomic E-state index is -0.577. The van der Waals surface area contributed by atoms with Gasteiger partial charge in [0.05, 0.1) is 12.7 Å². The van der Waals surface area contributed by atoms with E-state index in [9.17, 15) is 4.39 Å². The number of hydrogen-bond acceptors (Lipinski definition) is 3. The highest BCUT2D eigenvalue weighted by molar-refractivity contribution is 5.28. The Labute approximate surface area is 88.2 Å². The minimum Gasteiger partial charge on any atom is -0.395 e. The number of halogens is 1. The topological polar surface area (TPSA) is 56.0 Å². The number of hydrogen-bond donors (Lipinski definition) is 2. The number of aryl methyl sites for hydroxylation is 1. The SMILES string of the molecule is Cc1ccc(C(C#N)NCCO)cc1F. The van der Waals surface area contributed by atoms with Crippen molar-refractivity contribution in [3.63, 3.8) is 0 Å². The lowest BCUT2D eigenvalue weighted by atomic mass is 10.1. The summed E-state index contributed by atoms with van der Waals surface area (Å²) in [4.78, 5) is 0. The number of nitrogens with zero attached hydrogens (tertiary/aromatic N) is 1. The maximum Gasteiger partial charge on any atom is 0.126 e. The zero-order chi connectivity index (χ0) is 11.3. The molecule has 2 N–H and O–H groups in total. The molecule has 80 valence electrons. The van der Waals surface area contributed by atoms with Gasteiger partial charge in [-0.05, 0) is 24.1 Å². The summed E-state index contributed by atoms with van der Waals surface area (Å²) >= 11 is 0. The molecule has 0 aromatic heterocycles. The van der Waals surface area contributed by atoms with Crippen LogP contribution in [0.2, 0.25) is 0 Å². The molecule has 1 aromatic rings. The van der Waals surface area contributed by atoms with Crippen LogP contribution < -0.4 is 5.32 Å². The predicted molar refractivity (Wildman–Crippen MR) is 54.6 cm³/mol. The van der Waals surface area contributed by atoms with Crippen molar-refractivity contribution in [1.29, 1.82) is 5.26 Å². The third-order valence-electron chi connectivity index (χ3n) is 2.12. The molecule has 0 aliphatic carbocycles. The summed E-state index contributed by atoms with van der Waals surface area (Å²) in [5.74, 6) is -0.321. The molecule has 15 heavy (non-hydrogen) atoms. The van der Waals surface area contributed by atoms with Crippen molar-refractivity contribution >= 4 is 0 Å². The summed E-state index contributed by atoms with van der Waals surface area (Å²) in [6.45, 7) is 1.93. The van der Waals surface area contributed by atoms with E-state index in [2.05, 4.69) is 5.32 Å². The van der Waals surface area contributed by atoms with Gasteiger partial charge in [-0.15, -0.1) is 0 Å². The van der Waals surface area contributed by atoms with Gasteiger partial charge in [-0.1, -0.05) is 12.1 Å². The van der Waals surface area contributed by atoms with Gasteiger partial charge in [0.15, 0.2) is 0 Å². The van der Waals surface area contributed by atoms with Gasteiger partial charge in [0.25, 0.3) is 0 Å². The summed E-state index contributed by atoms with van der Waals surface area (Å²) in [6.07, 6.45) is 0. The van der Waals surface area contributed by atoms with Gasteiger partial charge < -0.3 is 5.11 Å². The van der Waals surface area contributed by atoms with Crippen LogP contribution in [0.5, 0.6) is 0 Å². The number of aliphatic hydroxyl groups is 1. The van der Waals surface area contributed by atoms with Crippen LogP contribution in [0.25, 0.3) is 0 Å². The van der Waals surface area contributed by atoms with Crippen molar-refractivity contribution in [2.45, 2.75) is 13.0 Å². The Morgan fingerprint density at radius 3 is 2.87 bits per heavy atom. The fourth-order valence-electron chi connectivity index (χ4n) is 1.24. The van der Waals surface area contributed by atoms with Crippen molar-refractivity contribution in [1.82, 2.24) is 5.32 Å². The van der Waals surface area contributed by atoms with Crippen molar-refractivity contribution in [3.05, 3.63) is 35.1 Å². The first-order valence-corrected chi connectivity index (χ1v) is 4.69. The van der Waals surface area contributed by atoms with E-state index in [0.717, 1.165) is 0 Å². The summed E-state index contributed by atoms with van der Waals surface area (Å²) in [5, 5.41) is 20.3. The molecule has 0 spiro atoms. The van der Waals surface area contributed by atoms with E-state index in [-0.39, 0.29) is 12.4 Å². The van der Waals surface area contributed by atoms with E-state index in [1.54, 1.807) is 19.1 Å². The first-order chi connectivity index (χ1) is 7.19. The zero-order valence-electron chi connectivity index (χ0n) is 8.50. The van der Waals surface area contributed by atoms with E-state index in [0.29, 0.717) is 17.7 Å². The molecular weight excluding hydrogens is 195 g/mol. The number of benzene rings is 1. The molecule has 0 heterocycles. The molecule has 0 aliphatic rings. The fourth-order valence-corrected chi connectivity index (χ4v) is 1.24. The Hall–Kier alpha value is -1.44. The van der Waals surface area contributed by atoms with Crippen LogP contribution in [0.1, 0.15) is 17.2 Å². The highest BCUT2D eigenvalue weighted by Crippen LogP contribution is 2.15. The van der Waals surface area contributed by atoms with Gasteiger partial charge in [-0.3, -0.25) is 5.32 Å². The zero-order valence-corrected chi connectivity index (χ0v) is 8.50. The minimum absolute atomic E-state index is 0.0491. The molecule has 1 aromatic carbocycles. The Morgan fingerprint density at radius 1 is 1.60 bits per heavy atom. The number of aliphatic hydroxyl groups excluding tert-OH is 1. The lowest BCUT2D eigenvalue weighted by molar-refractivity contribution is 0.289. The van der Waals surface area contributed by atoms with Gasteiger partial charge in [-0.2, -0.15) is 5.26 Å². The van der Waals surface area contributed by atoms with Gasteiger partial charge >= 0.3 is 0 Å². The normalized spacial score (nSPS) is 12.1. The Kier molecular flexibility index (Phi) is 4.22. The standard InChI is InChI=1S/C11H13FN2O/c1-8-2-3-9(6-10(8)12)11(7-13)14-4-5-15/h2-3,6,11,14-15H,4-5H2,1H3. The summed E-state index contributed by atoms with van der Waals surface area (Å²) in [6, 6.07) is 6.11. The maximum atomic E-state index is 13.2. The molecule has 0 saturated carbocycles. The van der Waals surface area contributed by atoms with E-state index in [1.807, 2.05) is 6.07 Å². The number of rotatable bonds is 4. The lowest BCUT2D eigenvalue weighted by Gasteiger charge is -2.11. The van der Waals surface area contributed by atoms with Crippen molar-refractivity contribution in [2.24, 2.45) is 0 Å². The molecule has 0 aliphatic heterocycles. The molecule has 0 radical (unpaired) electrons. The third kappa shape index (κ3) is 3.01. The second kappa shape index (κ2) is 5.44. The molecular formula is C11H13FN2O. The Morgan fingerprint density at radius 2 is 2.33 bits per heavy atom. The highest BCUT2D eigenvalue weighted by Gasteiger charge is 2.10. The van der Waals surface area contributed by atoms with Crippen LogP contribution in [0.3, 0.4) is 0 Å². The second-order valence-corrected chi connectivity index (χ2v) is 3.25. The first kappa shape index (κ1) is 11.6. The average Bonchev–Trinajstić information content (AvgIpc) is 2.24. The van der Waals surface area contributed by atoms with Gasteiger partial charge in [-0.25, -0.2) is 4.39 Å². The molecule has 1 rings (SSSR count). The molecule has 3 nitrogen and oxygen atoms in total. The largest absolute Gasteiger partial charge is 0.395 e. The van der Waals surface area contributed by atoms with Crippen LogP contribution in [0.15, 0.2) is 18.2 Å². The molecule has 0 bridgehead atoms. The van der Waals surface area contributed by atoms with Crippen LogP contribution in [0.4, 0.5) is 4.39 Å². The summed E-state index contributed by atoms with van der Waals surface area (Å²) in [5.41, 5.74) is 1.13. The molecule has 0 fully saturated rings. The van der Waals surface area contributed by atoms with Crippen molar-refractivity contribution < 1.29 is 9.50 Å². The van der Waals surface area contributed by atoms with Gasteiger partial charge in [0.2, 0.25) is 0 Å². The highest BCUT2D eigenvalue weighted by atomic mass is 19.1. The van der Waals surface area contributed by atoms with Crippen LogP contribution in [-0.2, 0) is 0 Å². The second-order valence-electron chi connectivity index (χ2n) is 3.25. The maximum absolute atomic E-state index is 13.2. The smallest absolute Gasteiger partial charge is 0.126 e. The Bertz CT molecular complexity index is 373. The fraction of sp³-hybridized carbons (Fsp3) is 0.364. The molecule has 0 amide bonds. The lowest BCUT2D eigenvalue weighted by Crippen LogP contribution is -2.23. The Balaban J connectivity index is 2.84. The molecule has 4 heteroatoms. The quantitative estimate of drug-likeness (QED) is 0.783. The van der Waals surface area contributed by atoms with Crippen LogP contribution in [-0.4, -0.2) is 18.3 Å². The monoisotopic (exact) mass is 208 g/mol. The van der Waals surface area contributed by atoms with E-state index in [1.165, 1.54) is 6.07 Å². The van der Waals surface area contributed by atoms with Gasteiger partial charge in [0, 0.05) is 6.54 Å². The first-order valence-electron chi connectivity index (χ1n) is 4.69. The molecule has 0 saturated heterocycles. The average molecular weight is 208 g/mol.